The van der Waals surface area contributed by atoms with Gasteiger partial charge < -0.3 is 20.6 Å². The van der Waals surface area contributed by atoms with Gasteiger partial charge in [0.25, 0.3) is 0 Å². The molecule has 1 aliphatic carbocycles. The molecule has 0 bridgehead atoms. The van der Waals surface area contributed by atoms with Crippen LogP contribution >= 0.6 is 0 Å². The number of aliphatic hydroxyl groups is 1. The van der Waals surface area contributed by atoms with Crippen LogP contribution < -0.4 is 10.6 Å². The Labute approximate surface area is 189 Å². The zero-order valence-electron chi connectivity index (χ0n) is 19.4. The van der Waals surface area contributed by atoms with E-state index in [1.165, 1.54) is 63.4 Å². The molecule has 1 aliphatic heterocycles. The Morgan fingerprint density at radius 3 is 2.45 bits per heavy atom. The molecule has 1 unspecified atom stereocenters. The van der Waals surface area contributed by atoms with Crippen molar-refractivity contribution in [2.75, 3.05) is 58.9 Å². The van der Waals surface area contributed by atoms with E-state index in [-0.39, 0.29) is 0 Å². The van der Waals surface area contributed by atoms with Crippen LogP contribution in [0.5, 0.6) is 0 Å². The summed E-state index contributed by atoms with van der Waals surface area (Å²) in [4.78, 5) is 5.20. The monoisotopic (exact) mass is 428 g/mol. The summed E-state index contributed by atoms with van der Waals surface area (Å²) in [7, 11) is 0. The highest BCUT2D eigenvalue weighted by Crippen LogP contribution is 2.24. The van der Waals surface area contributed by atoms with Gasteiger partial charge in [0.1, 0.15) is 0 Å². The fourth-order valence-corrected chi connectivity index (χ4v) is 5.07. The van der Waals surface area contributed by atoms with Crippen molar-refractivity contribution in [3.63, 3.8) is 0 Å². The summed E-state index contributed by atoms with van der Waals surface area (Å²) in [6.45, 7) is 10.6. The van der Waals surface area contributed by atoms with Crippen molar-refractivity contribution in [1.29, 1.82) is 0 Å². The molecule has 2 aliphatic rings. The normalized spacial score (nSPS) is 24.8. The van der Waals surface area contributed by atoms with Crippen molar-refractivity contribution < 1.29 is 5.11 Å². The fraction of sp³-hybridized carbons (Fsp3) is 0.692. The molecule has 174 valence electrons. The van der Waals surface area contributed by atoms with Crippen LogP contribution in [0.4, 0.5) is 0 Å². The van der Waals surface area contributed by atoms with Gasteiger partial charge in [0.2, 0.25) is 0 Å². The smallest absolute Gasteiger partial charge is 0.0755 e. The van der Waals surface area contributed by atoms with Crippen LogP contribution in [-0.4, -0.2) is 73.8 Å². The third-order valence-electron chi connectivity index (χ3n) is 6.79. The predicted molar refractivity (Wildman–Crippen MR) is 130 cm³/mol. The molecule has 3 rings (SSSR count). The lowest BCUT2D eigenvalue weighted by Crippen LogP contribution is -2.42. The molecule has 0 aromatic heterocycles. The lowest BCUT2D eigenvalue weighted by molar-refractivity contribution is 0.193. The molecule has 5 heteroatoms. The molecule has 1 aromatic carbocycles. The van der Waals surface area contributed by atoms with Crippen molar-refractivity contribution in [3.8, 4) is 0 Å². The Balaban J connectivity index is 1.53. The van der Waals surface area contributed by atoms with E-state index in [2.05, 4.69) is 50.8 Å². The number of benzene rings is 1. The molecule has 3 N–H and O–H groups in total. The third-order valence-corrected chi connectivity index (χ3v) is 6.79. The summed E-state index contributed by atoms with van der Waals surface area (Å²) in [5, 5.41) is 16.8. The minimum absolute atomic E-state index is 0.309. The summed E-state index contributed by atoms with van der Waals surface area (Å²) in [5.41, 5.74) is 1.35. The van der Waals surface area contributed by atoms with Gasteiger partial charge in [-0.3, -0.25) is 4.90 Å². The molecule has 31 heavy (non-hydrogen) atoms. The Hall–Kier alpha value is -1.40. The van der Waals surface area contributed by atoms with Gasteiger partial charge in [-0.1, -0.05) is 49.6 Å². The highest BCUT2D eigenvalue weighted by atomic mass is 16.2. The Bertz CT molecular complexity index is 603. The van der Waals surface area contributed by atoms with E-state index >= 15 is 0 Å². The van der Waals surface area contributed by atoms with Crippen LogP contribution in [0.3, 0.4) is 0 Å². The second-order valence-corrected chi connectivity index (χ2v) is 9.43. The van der Waals surface area contributed by atoms with E-state index in [9.17, 15) is 5.11 Å². The SMILES string of the molecule is O/C=C/C1CNCCN(CC2CCCCC2)CCCNCCN(Cc2ccccc2)C1. The van der Waals surface area contributed by atoms with Crippen LogP contribution in [0, 0.1) is 11.8 Å². The number of hydrogen-bond acceptors (Lipinski definition) is 5. The number of rotatable bonds is 5. The molecule has 1 heterocycles. The largest absolute Gasteiger partial charge is 0.516 e. The van der Waals surface area contributed by atoms with E-state index in [0.717, 1.165) is 58.3 Å². The summed E-state index contributed by atoms with van der Waals surface area (Å²) in [5.74, 6) is 1.21. The number of nitrogens with one attached hydrogen (secondary N) is 2. The molecular weight excluding hydrogens is 384 g/mol. The van der Waals surface area contributed by atoms with E-state index in [1.807, 2.05) is 6.08 Å². The van der Waals surface area contributed by atoms with Crippen molar-refractivity contribution in [1.82, 2.24) is 20.4 Å². The van der Waals surface area contributed by atoms with E-state index < -0.39 is 0 Å². The Morgan fingerprint density at radius 2 is 1.65 bits per heavy atom. The highest BCUT2D eigenvalue weighted by molar-refractivity contribution is 5.14. The van der Waals surface area contributed by atoms with Gasteiger partial charge >= 0.3 is 0 Å². The standard InChI is InChI=1S/C26H44N4O/c31-19-12-26-20-28-15-17-29(21-24-8-3-1-4-9-24)16-7-13-27-14-18-30(23-26)22-25-10-5-2-6-11-25/h2,5-6,10-12,19,24,26-28,31H,1,3-4,7-9,13-18,20-23H2/b19-12+. The van der Waals surface area contributed by atoms with Crippen LogP contribution in [0.1, 0.15) is 44.1 Å². The quantitative estimate of drug-likeness (QED) is 0.625. The summed E-state index contributed by atoms with van der Waals surface area (Å²) >= 11 is 0. The van der Waals surface area contributed by atoms with Crippen molar-refractivity contribution in [2.45, 2.75) is 45.1 Å². The first kappa shape index (κ1) is 24.2. The number of aliphatic hydroxyl groups excluding tert-OH is 1. The first-order chi connectivity index (χ1) is 15.3. The first-order valence-electron chi connectivity index (χ1n) is 12.5. The summed E-state index contributed by atoms with van der Waals surface area (Å²) in [6.07, 6.45) is 11.5. The summed E-state index contributed by atoms with van der Waals surface area (Å²) < 4.78 is 0. The second kappa shape index (κ2) is 14.6. The highest BCUT2D eigenvalue weighted by Gasteiger charge is 2.18. The molecule has 1 saturated carbocycles. The maximum absolute atomic E-state index is 9.44. The first-order valence-corrected chi connectivity index (χ1v) is 12.5. The van der Waals surface area contributed by atoms with Crippen molar-refractivity contribution >= 4 is 0 Å². The van der Waals surface area contributed by atoms with E-state index in [4.69, 9.17) is 0 Å². The minimum Gasteiger partial charge on any atom is -0.516 e. The predicted octanol–water partition coefficient (Wildman–Crippen LogP) is 3.64. The molecule has 1 saturated heterocycles. The lowest BCUT2D eigenvalue weighted by Gasteiger charge is -2.31. The molecule has 5 nitrogen and oxygen atoms in total. The number of nitrogens with zero attached hydrogens (tertiary/aromatic N) is 2. The van der Waals surface area contributed by atoms with Gasteiger partial charge in [-0.25, -0.2) is 0 Å². The minimum atomic E-state index is 0.309. The lowest BCUT2D eigenvalue weighted by atomic mass is 9.89. The van der Waals surface area contributed by atoms with Gasteiger partial charge in [-0.05, 0) is 49.9 Å². The molecular formula is C26H44N4O. The molecule has 0 radical (unpaired) electrons. The zero-order valence-corrected chi connectivity index (χ0v) is 19.4. The maximum atomic E-state index is 9.44. The fourth-order valence-electron chi connectivity index (χ4n) is 5.07. The molecule has 2 fully saturated rings. The van der Waals surface area contributed by atoms with Gasteiger partial charge in [-0.15, -0.1) is 0 Å². The molecule has 1 aromatic rings. The van der Waals surface area contributed by atoms with Crippen LogP contribution in [0.25, 0.3) is 0 Å². The molecule has 0 spiro atoms. The van der Waals surface area contributed by atoms with E-state index in [0.29, 0.717) is 5.92 Å². The van der Waals surface area contributed by atoms with Crippen LogP contribution in [-0.2, 0) is 6.54 Å². The van der Waals surface area contributed by atoms with Crippen molar-refractivity contribution in [3.05, 3.63) is 48.2 Å². The molecule has 0 amide bonds. The van der Waals surface area contributed by atoms with Gasteiger partial charge in [0.15, 0.2) is 0 Å². The Kier molecular flexibility index (Phi) is 11.4. The van der Waals surface area contributed by atoms with E-state index in [1.54, 1.807) is 0 Å². The Morgan fingerprint density at radius 1 is 0.871 bits per heavy atom. The topological polar surface area (TPSA) is 50.8 Å². The van der Waals surface area contributed by atoms with Crippen molar-refractivity contribution in [2.24, 2.45) is 11.8 Å². The average molecular weight is 429 g/mol. The van der Waals surface area contributed by atoms with Gasteiger partial charge in [-0.2, -0.15) is 0 Å². The van der Waals surface area contributed by atoms with Gasteiger partial charge in [0.05, 0.1) is 6.26 Å². The zero-order chi connectivity index (χ0) is 21.6. The van der Waals surface area contributed by atoms with Gasteiger partial charge in [0, 0.05) is 58.3 Å². The summed E-state index contributed by atoms with van der Waals surface area (Å²) in [6, 6.07) is 10.7. The number of hydrogen-bond donors (Lipinski definition) is 3. The third kappa shape index (κ3) is 9.73. The maximum Gasteiger partial charge on any atom is 0.0755 e. The van der Waals surface area contributed by atoms with Crippen LogP contribution in [0.15, 0.2) is 42.7 Å². The second-order valence-electron chi connectivity index (χ2n) is 9.43. The van der Waals surface area contributed by atoms with Crippen LogP contribution in [0.2, 0.25) is 0 Å². The average Bonchev–Trinajstić information content (AvgIpc) is 2.79. The molecule has 1 atom stereocenters.